The third kappa shape index (κ3) is 3.17. The molecule has 98 valence electrons. The minimum atomic E-state index is -0.984. The molecule has 0 saturated carbocycles. The zero-order valence-corrected chi connectivity index (χ0v) is 10.2. The van der Waals surface area contributed by atoms with Crippen LogP contribution in [0.4, 0.5) is 5.69 Å². The molecule has 1 atom stereocenters. The summed E-state index contributed by atoms with van der Waals surface area (Å²) in [7, 11) is 1.60. The number of carbonyl (C=O) groups is 1. The SMILES string of the molecule is CNC(C)(COc1ccc([N+](=O)[O-])cc1)C(N)=O. The molecule has 0 radical (unpaired) electrons. The number of amides is 1. The molecule has 0 heterocycles. The maximum Gasteiger partial charge on any atom is 0.269 e. The van der Waals surface area contributed by atoms with Crippen molar-refractivity contribution in [3.8, 4) is 5.75 Å². The van der Waals surface area contributed by atoms with Crippen molar-refractivity contribution in [2.24, 2.45) is 5.73 Å². The number of nitrogens with zero attached hydrogens (tertiary/aromatic N) is 1. The molecule has 0 aromatic heterocycles. The molecule has 1 rings (SSSR count). The number of rotatable bonds is 6. The van der Waals surface area contributed by atoms with Crippen molar-refractivity contribution in [1.29, 1.82) is 0 Å². The van der Waals surface area contributed by atoms with Gasteiger partial charge in [-0.25, -0.2) is 0 Å². The topological polar surface area (TPSA) is 107 Å². The van der Waals surface area contributed by atoms with E-state index in [0.29, 0.717) is 5.75 Å². The lowest BCUT2D eigenvalue weighted by Crippen LogP contribution is -2.55. The molecule has 7 heteroatoms. The molecular weight excluding hydrogens is 238 g/mol. The van der Waals surface area contributed by atoms with Crippen LogP contribution in [0.15, 0.2) is 24.3 Å². The molecular formula is C11H15N3O4. The Balaban J connectivity index is 2.69. The maximum atomic E-state index is 11.2. The molecule has 18 heavy (non-hydrogen) atoms. The van der Waals surface area contributed by atoms with E-state index in [-0.39, 0.29) is 12.3 Å². The van der Waals surface area contributed by atoms with Crippen LogP contribution in [0.3, 0.4) is 0 Å². The fourth-order valence-corrected chi connectivity index (χ4v) is 1.16. The summed E-state index contributed by atoms with van der Waals surface area (Å²) in [6, 6.07) is 5.59. The number of ether oxygens (including phenoxy) is 1. The number of benzene rings is 1. The van der Waals surface area contributed by atoms with E-state index >= 15 is 0 Å². The predicted molar refractivity (Wildman–Crippen MR) is 65.3 cm³/mol. The minimum Gasteiger partial charge on any atom is -0.491 e. The van der Waals surface area contributed by atoms with Crippen LogP contribution in [0.25, 0.3) is 0 Å². The number of nitrogens with two attached hydrogens (primary N) is 1. The van der Waals surface area contributed by atoms with Gasteiger partial charge < -0.3 is 15.8 Å². The van der Waals surface area contributed by atoms with Crippen LogP contribution < -0.4 is 15.8 Å². The predicted octanol–water partition coefficient (Wildman–Crippen LogP) is 0.437. The Labute approximate surface area is 104 Å². The Morgan fingerprint density at radius 3 is 2.44 bits per heavy atom. The number of primary amides is 1. The number of hydrogen-bond acceptors (Lipinski definition) is 5. The summed E-state index contributed by atoms with van der Waals surface area (Å²) in [6.07, 6.45) is 0. The largest absolute Gasteiger partial charge is 0.491 e. The van der Waals surface area contributed by atoms with Crippen molar-refractivity contribution in [2.75, 3.05) is 13.7 Å². The highest BCUT2D eigenvalue weighted by Crippen LogP contribution is 2.18. The molecule has 0 bridgehead atoms. The highest BCUT2D eigenvalue weighted by Gasteiger charge is 2.30. The van der Waals surface area contributed by atoms with E-state index in [9.17, 15) is 14.9 Å². The van der Waals surface area contributed by atoms with Gasteiger partial charge in [0.2, 0.25) is 5.91 Å². The van der Waals surface area contributed by atoms with Crippen LogP contribution in [0, 0.1) is 10.1 Å². The fraction of sp³-hybridized carbons (Fsp3) is 0.364. The van der Waals surface area contributed by atoms with E-state index < -0.39 is 16.4 Å². The molecule has 7 nitrogen and oxygen atoms in total. The highest BCUT2D eigenvalue weighted by molar-refractivity contribution is 5.84. The summed E-state index contributed by atoms with van der Waals surface area (Å²) in [4.78, 5) is 21.2. The monoisotopic (exact) mass is 253 g/mol. The summed E-state index contributed by atoms with van der Waals surface area (Å²) in [6.45, 7) is 1.65. The van der Waals surface area contributed by atoms with Crippen molar-refractivity contribution in [2.45, 2.75) is 12.5 Å². The van der Waals surface area contributed by atoms with E-state index in [4.69, 9.17) is 10.5 Å². The summed E-state index contributed by atoms with van der Waals surface area (Å²) in [5, 5.41) is 13.2. The highest BCUT2D eigenvalue weighted by atomic mass is 16.6. The normalized spacial score (nSPS) is 13.7. The summed E-state index contributed by atoms with van der Waals surface area (Å²) >= 11 is 0. The van der Waals surface area contributed by atoms with Gasteiger partial charge in [0.25, 0.3) is 5.69 Å². The van der Waals surface area contributed by atoms with Crippen molar-refractivity contribution < 1.29 is 14.5 Å². The van der Waals surface area contributed by atoms with E-state index in [0.717, 1.165) is 0 Å². The first-order chi connectivity index (χ1) is 8.39. The number of nitro groups is 1. The number of nitro benzene ring substituents is 1. The minimum absolute atomic E-state index is 0.0198. The molecule has 1 aromatic carbocycles. The molecule has 1 amide bonds. The van der Waals surface area contributed by atoms with E-state index in [1.54, 1.807) is 14.0 Å². The first kappa shape index (κ1) is 13.9. The average molecular weight is 253 g/mol. The van der Waals surface area contributed by atoms with E-state index in [2.05, 4.69) is 5.32 Å². The quantitative estimate of drug-likeness (QED) is 0.565. The lowest BCUT2D eigenvalue weighted by atomic mass is 10.0. The van der Waals surface area contributed by atoms with Gasteiger partial charge >= 0.3 is 0 Å². The Morgan fingerprint density at radius 2 is 2.06 bits per heavy atom. The molecule has 0 spiro atoms. The van der Waals surface area contributed by atoms with Gasteiger partial charge in [0.15, 0.2) is 0 Å². The van der Waals surface area contributed by atoms with Crippen molar-refractivity contribution in [3.63, 3.8) is 0 Å². The second kappa shape index (κ2) is 5.46. The van der Waals surface area contributed by atoms with Crippen molar-refractivity contribution in [1.82, 2.24) is 5.32 Å². The second-order valence-corrected chi connectivity index (χ2v) is 3.99. The molecule has 1 aromatic rings. The Kier molecular flexibility index (Phi) is 4.22. The number of carbonyl (C=O) groups excluding carboxylic acids is 1. The molecule has 0 aliphatic heterocycles. The van der Waals surface area contributed by atoms with Crippen LogP contribution >= 0.6 is 0 Å². The second-order valence-electron chi connectivity index (χ2n) is 3.99. The van der Waals surface area contributed by atoms with Gasteiger partial charge in [-0.2, -0.15) is 0 Å². The zero-order valence-electron chi connectivity index (χ0n) is 10.2. The zero-order chi connectivity index (χ0) is 13.8. The molecule has 0 aliphatic carbocycles. The third-order valence-corrected chi connectivity index (χ3v) is 2.67. The molecule has 1 unspecified atom stereocenters. The van der Waals surface area contributed by atoms with Gasteiger partial charge in [-0.15, -0.1) is 0 Å². The van der Waals surface area contributed by atoms with Gasteiger partial charge in [0.1, 0.15) is 17.9 Å². The lowest BCUT2D eigenvalue weighted by Gasteiger charge is -2.25. The summed E-state index contributed by atoms with van der Waals surface area (Å²) in [5.74, 6) is -0.102. The van der Waals surface area contributed by atoms with Crippen LogP contribution in [0.2, 0.25) is 0 Å². The Hall–Kier alpha value is -2.15. The lowest BCUT2D eigenvalue weighted by molar-refractivity contribution is -0.384. The summed E-state index contributed by atoms with van der Waals surface area (Å²) < 4.78 is 5.37. The smallest absolute Gasteiger partial charge is 0.269 e. The maximum absolute atomic E-state index is 11.2. The van der Waals surface area contributed by atoms with Crippen molar-refractivity contribution >= 4 is 11.6 Å². The van der Waals surface area contributed by atoms with Gasteiger partial charge in [0, 0.05) is 12.1 Å². The average Bonchev–Trinajstić information content (AvgIpc) is 2.36. The molecule has 0 aliphatic rings. The van der Waals surface area contributed by atoms with Crippen molar-refractivity contribution in [3.05, 3.63) is 34.4 Å². The van der Waals surface area contributed by atoms with E-state index in [1.807, 2.05) is 0 Å². The van der Waals surface area contributed by atoms with Crippen LogP contribution in [0.1, 0.15) is 6.92 Å². The van der Waals surface area contributed by atoms with E-state index in [1.165, 1.54) is 24.3 Å². The Morgan fingerprint density at radius 1 is 1.50 bits per heavy atom. The van der Waals surface area contributed by atoms with Gasteiger partial charge in [0.05, 0.1) is 4.92 Å². The van der Waals surface area contributed by atoms with Gasteiger partial charge in [-0.05, 0) is 26.1 Å². The molecule has 0 saturated heterocycles. The van der Waals surface area contributed by atoms with Gasteiger partial charge in [-0.3, -0.25) is 14.9 Å². The summed E-state index contributed by atoms with van der Waals surface area (Å²) in [5.41, 5.74) is 4.23. The third-order valence-electron chi connectivity index (χ3n) is 2.67. The van der Waals surface area contributed by atoms with Crippen LogP contribution in [0.5, 0.6) is 5.75 Å². The molecule has 0 fully saturated rings. The van der Waals surface area contributed by atoms with Crippen LogP contribution in [-0.2, 0) is 4.79 Å². The number of nitrogens with one attached hydrogen (secondary N) is 1. The first-order valence-electron chi connectivity index (χ1n) is 5.25. The number of likely N-dealkylation sites (N-methyl/N-ethyl adjacent to an activating group) is 1. The number of non-ortho nitro benzene ring substituents is 1. The molecule has 3 N–H and O–H groups in total. The number of hydrogen-bond donors (Lipinski definition) is 2. The van der Waals surface area contributed by atoms with Gasteiger partial charge in [-0.1, -0.05) is 0 Å². The first-order valence-corrected chi connectivity index (χ1v) is 5.25. The Bertz CT molecular complexity index is 446. The van der Waals surface area contributed by atoms with Crippen LogP contribution in [-0.4, -0.2) is 30.0 Å². The fourth-order valence-electron chi connectivity index (χ4n) is 1.16. The standard InChI is InChI=1S/C11H15N3O4/c1-11(13-2,10(12)15)7-18-9-5-3-8(4-6-9)14(16)17/h3-6,13H,7H2,1-2H3,(H2,12,15).